The smallest absolute Gasteiger partial charge is 0.353 e. The zero-order chi connectivity index (χ0) is 20.4. The number of aromatic nitrogens is 4. The third-order valence-corrected chi connectivity index (χ3v) is 4.68. The van der Waals surface area contributed by atoms with Crippen molar-refractivity contribution in [2.24, 2.45) is 0 Å². The van der Waals surface area contributed by atoms with Gasteiger partial charge in [0, 0.05) is 56.4 Å². The molecular formula is C19H17F3N6O. The van der Waals surface area contributed by atoms with Gasteiger partial charge in [0.1, 0.15) is 5.82 Å². The Morgan fingerprint density at radius 1 is 0.966 bits per heavy atom. The van der Waals surface area contributed by atoms with E-state index in [4.69, 9.17) is 0 Å². The highest BCUT2D eigenvalue weighted by molar-refractivity contribution is 5.59. The molecule has 1 aliphatic rings. The van der Waals surface area contributed by atoms with Crippen molar-refractivity contribution in [2.45, 2.75) is 6.18 Å². The molecule has 1 fully saturated rings. The van der Waals surface area contributed by atoms with Crippen LogP contribution < -0.4 is 15.4 Å². The Morgan fingerprint density at radius 3 is 2.28 bits per heavy atom. The van der Waals surface area contributed by atoms with Crippen molar-refractivity contribution < 1.29 is 13.2 Å². The second-order valence-corrected chi connectivity index (χ2v) is 6.57. The lowest BCUT2D eigenvalue weighted by Gasteiger charge is -2.35. The van der Waals surface area contributed by atoms with Crippen LogP contribution in [-0.2, 0) is 6.18 Å². The van der Waals surface area contributed by atoms with Gasteiger partial charge >= 0.3 is 6.18 Å². The zero-order valence-electron chi connectivity index (χ0n) is 15.2. The van der Waals surface area contributed by atoms with Gasteiger partial charge in [0.2, 0.25) is 5.95 Å². The minimum absolute atomic E-state index is 0.256. The van der Waals surface area contributed by atoms with E-state index in [0.717, 1.165) is 17.8 Å². The Kier molecular flexibility index (Phi) is 4.91. The molecule has 10 heteroatoms. The van der Waals surface area contributed by atoms with Crippen LogP contribution in [0.1, 0.15) is 5.56 Å². The van der Waals surface area contributed by atoms with Crippen molar-refractivity contribution in [3.05, 3.63) is 64.8 Å². The van der Waals surface area contributed by atoms with E-state index in [1.807, 2.05) is 9.80 Å². The van der Waals surface area contributed by atoms with E-state index in [2.05, 4.69) is 19.9 Å². The fourth-order valence-corrected chi connectivity index (χ4v) is 3.15. The number of rotatable bonds is 3. The first kappa shape index (κ1) is 18.9. The fraction of sp³-hybridized carbons (Fsp3) is 0.263. The molecule has 0 saturated carbocycles. The van der Waals surface area contributed by atoms with Gasteiger partial charge in [0.25, 0.3) is 5.56 Å². The molecule has 150 valence electrons. The monoisotopic (exact) mass is 402 g/mol. The van der Waals surface area contributed by atoms with Gasteiger partial charge in [-0.3, -0.25) is 14.8 Å². The Bertz CT molecular complexity index is 1030. The van der Waals surface area contributed by atoms with Gasteiger partial charge in [0.15, 0.2) is 0 Å². The highest BCUT2D eigenvalue weighted by Crippen LogP contribution is 2.29. The van der Waals surface area contributed by atoms with Crippen LogP contribution in [0.25, 0.3) is 11.3 Å². The van der Waals surface area contributed by atoms with Crippen LogP contribution in [0, 0.1) is 0 Å². The summed E-state index contributed by atoms with van der Waals surface area (Å²) in [5.41, 5.74) is 0.321. The molecule has 29 heavy (non-hydrogen) atoms. The number of anilines is 2. The molecule has 0 atom stereocenters. The highest BCUT2D eigenvalue weighted by atomic mass is 19.4. The number of aromatic amines is 1. The maximum absolute atomic E-state index is 12.7. The predicted molar refractivity (Wildman–Crippen MR) is 102 cm³/mol. The third-order valence-electron chi connectivity index (χ3n) is 4.68. The molecule has 4 rings (SSSR count). The SMILES string of the molecule is O=c1cc(-c2ccncc2)nc(N2CCN(c3ccc(C(F)(F)F)cn3)CC2)[nH]1. The van der Waals surface area contributed by atoms with Crippen LogP contribution in [0.4, 0.5) is 24.9 Å². The first-order valence-electron chi connectivity index (χ1n) is 8.95. The summed E-state index contributed by atoms with van der Waals surface area (Å²) in [5, 5.41) is 0. The summed E-state index contributed by atoms with van der Waals surface area (Å²) in [4.78, 5) is 31.1. The summed E-state index contributed by atoms with van der Waals surface area (Å²) in [6, 6.07) is 7.40. The molecule has 0 bridgehead atoms. The average Bonchev–Trinajstić information content (AvgIpc) is 2.73. The quantitative estimate of drug-likeness (QED) is 0.726. The first-order valence-corrected chi connectivity index (χ1v) is 8.95. The van der Waals surface area contributed by atoms with Gasteiger partial charge in [0.05, 0.1) is 11.3 Å². The number of hydrogen-bond acceptors (Lipinski definition) is 6. The Hall–Kier alpha value is -3.43. The van der Waals surface area contributed by atoms with Crippen LogP contribution in [-0.4, -0.2) is 46.1 Å². The minimum atomic E-state index is -4.40. The minimum Gasteiger partial charge on any atom is -0.353 e. The Morgan fingerprint density at radius 2 is 1.66 bits per heavy atom. The molecule has 3 aromatic rings. The fourth-order valence-electron chi connectivity index (χ4n) is 3.15. The molecule has 0 aliphatic carbocycles. The molecule has 0 radical (unpaired) electrons. The first-order chi connectivity index (χ1) is 13.9. The van der Waals surface area contributed by atoms with Crippen LogP contribution in [0.5, 0.6) is 0 Å². The number of pyridine rings is 2. The van der Waals surface area contributed by atoms with Gasteiger partial charge in [-0.25, -0.2) is 9.97 Å². The van der Waals surface area contributed by atoms with Crippen LogP contribution in [0.2, 0.25) is 0 Å². The summed E-state index contributed by atoms with van der Waals surface area (Å²) in [6.45, 7) is 2.18. The second-order valence-electron chi connectivity index (χ2n) is 6.57. The van der Waals surface area contributed by atoms with Crippen LogP contribution >= 0.6 is 0 Å². The predicted octanol–water partition coefficient (Wildman–Crippen LogP) is 2.57. The van der Waals surface area contributed by atoms with Crippen molar-refractivity contribution in [1.29, 1.82) is 0 Å². The molecule has 4 heterocycles. The summed E-state index contributed by atoms with van der Waals surface area (Å²) >= 11 is 0. The van der Waals surface area contributed by atoms with E-state index >= 15 is 0 Å². The van der Waals surface area contributed by atoms with Crippen molar-refractivity contribution >= 4 is 11.8 Å². The van der Waals surface area contributed by atoms with E-state index in [-0.39, 0.29) is 5.56 Å². The standard InChI is InChI=1S/C19H17F3N6O/c20-19(21,22)14-1-2-16(24-12-14)27-7-9-28(10-8-27)18-25-15(11-17(29)26-18)13-3-5-23-6-4-13/h1-6,11-12H,7-10H2,(H,25,26,29). The van der Waals surface area contributed by atoms with Gasteiger partial charge in [-0.1, -0.05) is 0 Å². The lowest BCUT2D eigenvalue weighted by Crippen LogP contribution is -2.47. The van der Waals surface area contributed by atoms with Crippen molar-refractivity contribution in [3.8, 4) is 11.3 Å². The number of H-pyrrole nitrogens is 1. The zero-order valence-corrected chi connectivity index (χ0v) is 15.2. The van der Waals surface area contributed by atoms with E-state index < -0.39 is 11.7 Å². The van der Waals surface area contributed by atoms with Gasteiger partial charge in [-0.2, -0.15) is 13.2 Å². The highest BCUT2D eigenvalue weighted by Gasteiger charge is 2.31. The third kappa shape index (κ3) is 4.20. The normalized spacial score (nSPS) is 14.9. The number of alkyl halides is 3. The van der Waals surface area contributed by atoms with E-state index in [1.165, 1.54) is 12.1 Å². The van der Waals surface area contributed by atoms with Crippen molar-refractivity contribution in [3.63, 3.8) is 0 Å². The molecule has 0 unspecified atom stereocenters. The summed E-state index contributed by atoms with van der Waals surface area (Å²) in [5.74, 6) is 0.953. The van der Waals surface area contributed by atoms with E-state index in [9.17, 15) is 18.0 Å². The summed E-state index contributed by atoms with van der Waals surface area (Å²) < 4.78 is 38.1. The van der Waals surface area contributed by atoms with Crippen molar-refractivity contribution in [1.82, 2.24) is 19.9 Å². The molecule has 0 amide bonds. The Labute approximate surface area is 163 Å². The van der Waals surface area contributed by atoms with E-state index in [1.54, 1.807) is 24.5 Å². The molecule has 3 aromatic heterocycles. The number of piperazine rings is 1. The van der Waals surface area contributed by atoms with Crippen LogP contribution in [0.3, 0.4) is 0 Å². The van der Waals surface area contributed by atoms with Gasteiger partial charge in [-0.05, 0) is 24.3 Å². The molecule has 0 spiro atoms. The molecule has 1 N–H and O–H groups in total. The van der Waals surface area contributed by atoms with E-state index in [0.29, 0.717) is 43.6 Å². The summed E-state index contributed by atoms with van der Waals surface area (Å²) in [6.07, 6.45) is -0.290. The largest absolute Gasteiger partial charge is 0.417 e. The van der Waals surface area contributed by atoms with Crippen LogP contribution in [0.15, 0.2) is 53.7 Å². The molecule has 0 aromatic carbocycles. The molecule has 7 nitrogen and oxygen atoms in total. The number of hydrogen-bond donors (Lipinski definition) is 1. The molecule has 1 aliphatic heterocycles. The number of halogens is 3. The van der Waals surface area contributed by atoms with Gasteiger partial charge < -0.3 is 9.80 Å². The maximum atomic E-state index is 12.7. The maximum Gasteiger partial charge on any atom is 0.417 e. The molecule has 1 saturated heterocycles. The lowest BCUT2D eigenvalue weighted by atomic mass is 10.2. The summed E-state index contributed by atoms with van der Waals surface area (Å²) in [7, 11) is 0. The van der Waals surface area contributed by atoms with Gasteiger partial charge in [-0.15, -0.1) is 0 Å². The lowest BCUT2D eigenvalue weighted by molar-refractivity contribution is -0.137. The number of nitrogens with one attached hydrogen (secondary N) is 1. The number of nitrogens with zero attached hydrogens (tertiary/aromatic N) is 5. The second kappa shape index (κ2) is 7.53. The van der Waals surface area contributed by atoms with Crippen molar-refractivity contribution in [2.75, 3.05) is 36.0 Å². The average molecular weight is 402 g/mol. The topological polar surface area (TPSA) is 78.0 Å². The molecular weight excluding hydrogens is 385 g/mol. The Balaban J connectivity index is 1.47.